The molecule has 0 N–H and O–H groups in total. The molecule has 1 aliphatic rings. The molecule has 14 heavy (non-hydrogen) atoms. The van der Waals surface area contributed by atoms with E-state index >= 15 is 0 Å². The Balaban J connectivity index is 3.38. The van der Waals surface area contributed by atoms with Crippen LogP contribution in [-0.2, 0) is 4.79 Å². The van der Waals surface area contributed by atoms with Crippen molar-refractivity contribution < 1.29 is 4.79 Å². The van der Waals surface area contributed by atoms with Crippen LogP contribution in [0.25, 0.3) is 0 Å². The van der Waals surface area contributed by atoms with Crippen molar-refractivity contribution in [3.63, 3.8) is 0 Å². The van der Waals surface area contributed by atoms with E-state index < -0.39 is 8.48 Å². The lowest BCUT2D eigenvalue weighted by Crippen LogP contribution is -2.49. The molecular formula is C8H14N2OS3. The zero-order chi connectivity index (χ0) is 11.3. The largest absolute Gasteiger partial charge is 0.273 e. The van der Waals surface area contributed by atoms with Crippen molar-refractivity contribution in [3.05, 3.63) is 0 Å². The maximum atomic E-state index is 11.7. The molecule has 1 aliphatic heterocycles. The Kier molecular flexibility index (Phi) is 2.08. The summed E-state index contributed by atoms with van der Waals surface area (Å²) >= 11 is 6.46. The molecule has 1 amide bonds. The van der Waals surface area contributed by atoms with Crippen LogP contribution in [-0.4, -0.2) is 45.3 Å². The highest BCUT2D eigenvalue weighted by Gasteiger charge is 2.54. The van der Waals surface area contributed by atoms with Crippen LogP contribution in [0.5, 0.6) is 0 Å². The van der Waals surface area contributed by atoms with E-state index in [4.69, 9.17) is 12.2 Å². The monoisotopic (exact) mass is 250 g/mol. The maximum Gasteiger partial charge on any atom is 0.246 e. The molecule has 0 radical (unpaired) electrons. The summed E-state index contributed by atoms with van der Waals surface area (Å²) < 4.78 is 2.08. The topological polar surface area (TPSA) is 44.1 Å². The third-order valence-electron chi connectivity index (χ3n) is 1.94. The smallest absolute Gasteiger partial charge is 0.246 e. The minimum Gasteiger partial charge on any atom is -0.273 e. The highest BCUT2D eigenvalue weighted by atomic mass is 32.4. The van der Waals surface area contributed by atoms with Gasteiger partial charge in [-0.05, 0) is 25.0 Å². The summed E-state index contributed by atoms with van der Waals surface area (Å²) in [4.78, 5) is 11.7. The fraction of sp³-hybridized carbons (Fsp3) is 0.625. The number of thiocyanates is 1. The molecule has 1 heterocycles. The van der Waals surface area contributed by atoms with E-state index in [1.54, 1.807) is 4.31 Å². The quantitative estimate of drug-likeness (QED) is 0.524. The van der Waals surface area contributed by atoms with Crippen LogP contribution < -0.4 is 0 Å². The molecule has 0 aromatic carbocycles. The standard InChI is InChI=1S/C8H14N2OS3/c1-14(2,3,4,6-9)10-7(11)5-13-8(10)12/h5H2,1-4H3. The van der Waals surface area contributed by atoms with E-state index in [1.165, 1.54) is 11.8 Å². The zero-order valence-corrected chi connectivity index (χ0v) is 11.2. The Hall–Kier alpha value is -0.250. The number of thioether (sulfide) groups is 1. The molecule has 1 rings (SSSR count). The Bertz CT molecular complexity index is 356. The van der Waals surface area contributed by atoms with Gasteiger partial charge in [0, 0.05) is 0 Å². The number of nitrogens with zero attached hydrogens (tertiary/aromatic N) is 2. The molecular weight excluding hydrogens is 236 g/mol. The zero-order valence-electron chi connectivity index (χ0n) is 8.73. The number of amides is 1. The van der Waals surface area contributed by atoms with Crippen molar-refractivity contribution >= 4 is 42.7 Å². The van der Waals surface area contributed by atoms with E-state index in [2.05, 4.69) is 5.40 Å². The fourth-order valence-electron chi connectivity index (χ4n) is 1.18. The molecule has 1 saturated heterocycles. The molecule has 0 saturated carbocycles. The summed E-state index contributed by atoms with van der Waals surface area (Å²) in [5.74, 6) is 0.322. The molecule has 0 atom stereocenters. The summed E-state index contributed by atoms with van der Waals surface area (Å²) in [7, 11) is -3.15. The van der Waals surface area contributed by atoms with Crippen LogP contribution in [0.3, 0.4) is 0 Å². The van der Waals surface area contributed by atoms with Gasteiger partial charge in [0.05, 0.1) is 5.75 Å². The van der Waals surface area contributed by atoms with E-state index in [1.807, 2.05) is 25.0 Å². The van der Waals surface area contributed by atoms with Gasteiger partial charge in [-0.15, -0.1) is 0 Å². The molecule has 0 spiro atoms. The van der Waals surface area contributed by atoms with Crippen LogP contribution in [0.4, 0.5) is 0 Å². The maximum absolute atomic E-state index is 11.7. The molecule has 6 heteroatoms. The second-order valence-electron chi connectivity index (χ2n) is 5.42. The Labute approximate surface area is 93.2 Å². The molecule has 0 aliphatic carbocycles. The number of rotatable bonds is 1. The van der Waals surface area contributed by atoms with Gasteiger partial charge in [0.2, 0.25) is 5.91 Å². The molecule has 3 nitrogen and oxygen atoms in total. The average Bonchev–Trinajstić information content (AvgIpc) is 2.30. The van der Waals surface area contributed by atoms with Crippen LogP contribution in [0.15, 0.2) is 0 Å². The lowest BCUT2D eigenvalue weighted by atomic mass is 10.7. The van der Waals surface area contributed by atoms with Crippen molar-refractivity contribution in [3.8, 4) is 5.40 Å². The Morgan fingerprint density at radius 3 is 2.29 bits per heavy atom. The first-order chi connectivity index (χ1) is 6.00. The average molecular weight is 250 g/mol. The molecule has 0 bridgehead atoms. The highest BCUT2D eigenvalue weighted by molar-refractivity contribution is 8.65. The van der Waals surface area contributed by atoms with Gasteiger partial charge in [0.25, 0.3) is 0 Å². The lowest BCUT2D eigenvalue weighted by Gasteiger charge is -2.67. The SMILES string of the molecule is CS(C)(C)(C)(C#N)N1C(=O)CSC1=S. The number of hydrogen-bond donors (Lipinski definition) is 0. The molecule has 0 aromatic rings. The molecule has 80 valence electrons. The summed E-state index contributed by atoms with van der Waals surface area (Å²) in [6.45, 7) is 0. The first kappa shape index (κ1) is 11.8. The van der Waals surface area contributed by atoms with Crippen LogP contribution in [0.2, 0.25) is 0 Å². The number of carbonyl (C=O) groups excluding carboxylic acids is 1. The van der Waals surface area contributed by atoms with Crippen LogP contribution >= 0.6 is 32.5 Å². The predicted molar refractivity (Wildman–Crippen MR) is 68.8 cm³/mol. The van der Waals surface area contributed by atoms with Gasteiger partial charge < -0.3 is 0 Å². The van der Waals surface area contributed by atoms with Gasteiger partial charge in [-0.25, -0.2) is 0 Å². The lowest BCUT2D eigenvalue weighted by molar-refractivity contribution is -0.120. The fourth-order valence-corrected chi connectivity index (χ4v) is 6.04. The predicted octanol–water partition coefficient (Wildman–Crippen LogP) is 1.64. The third-order valence-corrected chi connectivity index (χ3v) is 6.37. The molecule has 1 fully saturated rings. The van der Waals surface area contributed by atoms with Gasteiger partial charge in [-0.2, -0.15) is 13.7 Å². The minimum atomic E-state index is -3.15. The normalized spacial score (nSPS) is 22.9. The minimum absolute atomic E-state index is 0.0433. The highest BCUT2D eigenvalue weighted by Crippen LogP contribution is 2.81. The van der Waals surface area contributed by atoms with Crippen molar-refractivity contribution in [1.29, 1.82) is 5.26 Å². The Morgan fingerprint density at radius 2 is 2.00 bits per heavy atom. The number of thiocarbonyl (C=S) groups is 1. The first-order valence-electron chi connectivity index (χ1n) is 3.95. The van der Waals surface area contributed by atoms with E-state index in [0.29, 0.717) is 10.1 Å². The summed E-state index contributed by atoms with van der Waals surface area (Å²) in [5, 5.41) is 11.7. The summed E-state index contributed by atoms with van der Waals surface area (Å²) in [5.41, 5.74) is 0. The van der Waals surface area contributed by atoms with Crippen LogP contribution in [0, 0.1) is 10.7 Å². The number of nitriles is 1. The van der Waals surface area contributed by atoms with Gasteiger partial charge in [0.1, 0.15) is 5.40 Å². The van der Waals surface area contributed by atoms with E-state index in [9.17, 15) is 10.1 Å². The second-order valence-corrected chi connectivity index (χ2v) is 15.8. The first-order valence-corrected chi connectivity index (χ1v) is 9.38. The molecule has 0 aromatic heterocycles. The van der Waals surface area contributed by atoms with E-state index in [0.717, 1.165) is 0 Å². The molecule has 0 unspecified atom stereocenters. The summed E-state index contributed by atoms with van der Waals surface area (Å²) in [6.07, 6.45) is 7.37. The summed E-state index contributed by atoms with van der Waals surface area (Å²) in [6, 6.07) is 0. The van der Waals surface area contributed by atoms with Crippen molar-refractivity contribution in [1.82, 2.24) is 4.31 Å². The number of carbonyl (C=O) groups is 1. The van der Waals surface area contributed by atoms with Crippen molar-refractivity contribution in [2.45, 2.75) is 0 Å². The van der Waals surface area contributed by atoms with Gasteiger partial charge >= 0.3 is 0 Å². The van der Waals surface area contributed by atoms with Crippen molar-refractivity contribution in [2.24, 2.45) is 0 Å². The van der Waals surface area contributed by atoms with Crippen LogP contribution in [0.1, 0.15) is 0 Å². The van der Waals surface area contributed by atoms with Gasteiger partial charge in [0.15, 0.2) is 4.32 Å². The van der Waals surface area contributed by atoms with Crippen molar-refractivity contribution in [2.75, 3.05) is 30.8 Å². The number of hydrogen-bond acceptors (Lipinski definition) is 4. The Morgan fingerprint density at radius 1 is 1.50 bits per heavy atom. The second kappa shape index (κ2) is 2.46. The van der Waals surface area contributed by atoms with E-state index in [-0.39, 0.29) is 5.91 Å². The third kappa shape index (κ3) is 1.76. The van der Waals surface area contributed by atoms with Gasteiger partial charge in [-0.1, -0.05) is 24.0 Å². The van der Waals surface area contributed by atoms with Gasteiger partial charge in [-0.3, -0.25) is 9.10 Å².